The number of carbonyl (C=O) groups excluding carboxylic acids is 2. The Hall–Kier alpha value is -2.82. The van der Waals surface area contributed by atoms with E-state index in [0.29, 0.717) is 25.1 Å². The highest BCUT2D eigenvalue weighted by Gasteiger charge is 2.19. The summed E-state index contributed by atoms with van der Waals surface area (Å²) in [7, 11) is 0. The molecule has 0 spiro atoms. The molecule has 1 aliphatic rings. The Morgan fingerprint density at radius 2 is 1.74 bits per heavy atom. The summed E-state index contributed by atoms with van der Waals surface area (Å²) in [5.41, 5.74) is 2.68. The van der Waals surface area contributed by atoms with Crippen LogP contribution in [0.3, 0.4) is 0 Å². The van der Waals surface area contributed by atoms with E-state index in [1.54, 1.807) is 0 Å². The zero-order chi connectivity index (χ0) is 19.2. The van der Waals surface area contributed by atoms with Gasteiger partial charge in [0.05, 0.1) is 6.10 Å². The molecule has 2 amide bonds. The average Bonchev–Trinajstić information content (AvgIpc) is 3.06. The number of rotatable bonds is 7. The van der Waals surface area contributed by atoms with Crippen LogP contribution in [-0.2, 0) is 17.9 Å². The van der Waals surface area contributed by atoms with E-state index in [2.05, 4.69) is 5.32 Å². The number of nitrogens with zero attached hydrogens (tertiary/aromatic N) is 1. The first-order valence-electron chi connectivity index (χ1n) is 9.42. The molecular weight excluding hydrogens is 340 g/mol. The Bertz CT molecular complexity index is 782. The van der Waals surface area contributed by atoms with E-state index in [-0.39, 0.29) is 17.9 Å². The van der Waals surface area contributed by atoms with Crippen LogP contribution in [0.15, 0.2) is 48.5 Å². The van der Waals surface area contributed by atoms with Gasteiger partial charge in [0.1, 0.15) is 5.75 Å². The zero-order valence-corrected chi connectivity index (χ0v) is 15.9. The molecule has 0 saturated carbocycles. The molecule has 1 aliphatic heterocycles. The molecule has 27 heavy (non-hydrogen) atoms. The minimum Gasteiger partial charge on any atom is -0.491 e. The van der Waals surface area contributed by atoms with Crippen molar-refractivity contribution in [2.24, 2.45) is 0 Å². The highest BCUT2D eigenvalue weighted by atomic mass is 16.5. The van der Waals surface area contributed by atoms with Crippen molar-refractivity contribution >= 4 is 11.8 Å². The summed E-state index contributed by atoms with van der Waals surface area (Å²) < 4.78 is 5.62. The minimum absolute atomic E-state index is 0.110. The number of amides is 2. The van der Waals surface area contributed by atoms with Crippen molar-refractivity contribution in [1.29, 1.82) is 0 Å². The van der Waals surface area contributed by atoms with E-state index in [1.807, 2.05) is 67.3 Å². The van der Waals surface area contributed by atoms with Crippen molar-refractivity contribution in [3.63, 3.8) is 0 Å². The predicted molar refractivity (Wildman–Crippen MR) is 104 cm³/mol. The van der Waals surface area contributed by atoms with E-state index in [1.165, 1.54) is 0 Å². The third-order valence-electron chi connectivity index (χ3n) is 4.51. The average molecular weight is 366 g/mol. The molecule has 0 bridgehead atoms. The molecule has 5 heteroatoms. The van der Waals surface area contributed by atoms with Gasteiger partial charge in [0.2, 0.25) is 5.91 Å². The number of hydrogen-bond acceptors (Lipinski definition) is 3. The number of carbonyl (C=O) groups is 2. The molecule has 1 N–H and O–H groups in total. The first-order chi connectivity index (χ1) is 13.0. The van der Waals surface area contributed by atoms with Gasteiger partial charge in [-0.2, -0.15) is 0 Å². The lowest BCUT2D eigenvalue weighted by molar-refractivity contribution is -0.128. The standard InChI is InChI=1S/C22H26N2O3/c1-16(2)27-20-11-7-17(8-12-20)14-23-22(26)19-9-5-18(6-10-19)15-24-13-3-4-21(24)25/h5-12,16H,3-4,13-15H2,1-2H3,(H,23,26). The van der Waals surface area contributed by atoms with Gasteiger partial charge in [-0.3, -0.25) is 9.59 Å². The largest absolute Gasteiger partial charge is 0.491 e. The maximum Gasteiger partial charge on any atom is 0.251 e. The van der Waals surface area contributed by atoms with Crippen LogP contribution in [0.4, 0.5) is 0 Å². The first-order valence-corrected chi connectivity index (χ1v) is 9.42. The molecule has 142 valence electrons. The second-order valence-corrected chi connectivity index (χ2v) is 7.11. The topological polar surface area (TPSA) is 58.6 Å². The molecule has 1 saturated heterocycles. The molecule has 1 fully saturated rings. The van der Waals surface area contributed by atoms with Crippen LogP contribution in [0.25, 0.3) is 0 Å². The van der Waals surface area contributed by atoms with Gasteiger partial charge in [0.15, 0.2) is 0 Å². The van der Waals surface area contributed by atoms with E-state index in [0.717, 1.165) is 29.8 Å². The van der Waals surface area contributed by atoms with E-state index < -0.39 is 0 Å². The molecule has 2 aromatic rings. The van der Waals surface area contributed by atoms with E-state index >= 15 is 0 Å². The zero-order valence-electron chi connectivity index (χ0n) is 15.9. The van der Waals surface area contributed by atoms with Crippen molar-refractivity contribution in [2.45, 2.75) is 45.9 Å². The van der Waals surface area contributed by atoms with Gasteiger partial charge < -0.3 is 15.0 Å². The summed E-state index contributed by atoms with van der Waals surface area (Å²) >= 11 is 0. The Labute approximate surface area is 160 Å². The Morgan fingerprint density at radius 3 is 2.33 bits per heavy atom. The molecule has 2 aromatic carbocycles. The molecule has 5 nitrogen and oxygen atoms in total. The normalized spacial score (nSPS) is 13.9. The molecule has 0 radical (unpaired) electrons. The highest BCUT2D eigenvalue weighted by molar-refractivity contribution is 5.94. The molecular formula is C22H26N2O3. The Kier molecular flexibility index (Phi) is 6.12. The van der Waals surface area contributed by atoms with Crippen molar-refractivity contribution in [3.8, 4) is 5.75 Å². The molecule has 0 aromatic heterocycles. The molecule has 0 aliphatic carbocycles. The maximum atomic E-state index is 12.3. The lowest BCUT2D eigenvalue weighted by atomic mass is 10.1. The highest BCUT2D eigenvalue weighted by Crippen LogP contribution is 2.16. The van der Waals surface area contributed by atoms with Gasteiger partial charge in [-0.25, -0.2) is 0 Å². The summed E-state index contributed by atoms with van der Waals surface area (Å²) in [6.45, 7) is 5.88. The SMILES string of the molecule is CC(C)Oc1ccc(CNC(=O)c2ccc(CN3CCCC3=O)cc2)cc1. The number of nitrogens with one attached hydrogen (secondary N) is 1. The summed E-state index contributed by atoms with van der Waals surface area (Å²) in [5.74, 6) is 0.926. The van der Waals surface area contributed by atoms with Gasteiger partial charge in [-0.1, -0.05) is 24.3 Å². The van der Waals surface area contributed by atoms with Crippen LogP contribution in [0, 0.1) is 0 Å². The third-order valence-corrected chi connectivity index (χ3v) is 4.51. The lowest BCUT2D eigenvalue weighted by Crippen LogP contribution is -2.24. The Balaban J connectivity index is 1.51. The fraction of sp³-hybridized carbons (Fsp3) is 0.364. The van der Waals surface area contributed by atoms with E-state index in [4.69, 9.17) is 4.74 Å². The molecule has 1 heterocycles. The van der Waals surface area contributed by atoms with Crippen molar-refractivity contribution in [1.82, 2.24) is 10.2 Å². The van der Waals surface area contributed by atoms with Gasteiger partial charge in [0, 0.05) is 31.6 Å². The quantitative estimate of drug-likeness (QED) is 0.816. The monoisotopic (exact) mass is 366 g/mol. The number of likely N-dealkylation sites (tertiary alicyclic amines) is 1. The van der Waals surface area contributed by atoms with E-state index in [9.17, 15) is 9.59 Å². The van der Waals surface area contributed by atoms with Gasteiger partial charge in [-0.05, 0) is 55.7 Å². The first kappa shape index (κ1) is 19.0. The number of benzene rings is 2. The summed E-state index contributed by atoms with van der Waals surface area (Å²) in [5, 5.41) is 2.93. The summed E-state index contributed by atoms with van der Waals surface area (Å²) in [6.07, 6.45) is 1.72. The Morgan fingerprint density at radius 1 is 1.07 bits per heavy atom. The second-order valence-electron chi connectivity index (χ2n) is 7.11. The van der Waals surface area contributed by atoms with Crippen LogP contribution in [0.1, 0.15) is 48.2 Å². The fourth-order valence-corrected chi connectivity index (χ4v) is 3.10. The second kappa shape index (κ2) is 8.71. The summed E-state index contributed by atoms with van der Waals surface area (Å²) in [4.78, 5) is 25.9. The summed E-state index contributed by atoms with van der Waals surface area (Å²) in [6, 6.07) is 15.2. The number of ether oxygens (including phenoxy) is 1. The minimum atomic E-state index is -0.110. The van der Waals surface area contributed by atoms with Crippen LogP contribution < -0.4 is 10.1 Å². The van der Waals surface area contributed by atoms with Crippen LogP contribution in [0.5, 0.6) is 5.75 Å². The van der Waals surface area contributed by atoms with Crippen molar-refractivity contribution in [3.05, 3.63) is 65.2 Å². The van der Waals surface area contributed by atoms with Gasteiger partial charge in [-0.15, -0.1) is 0 Å². The number of hydrogen-bond donors (Lipinski definition) is 1. The van der Waals surface area contributed by atoms with Crippen LogP contribution in [0.2, 0.25) is 0 Å². The van der Waals surface area contributed by atoms with Crippen LogP contribution >= 0.6 is 0 Å². The lowest BCUT2D eigenvalue weighted by Gasteiger charge is -2.15. The smallest absolute Gasteiger partial charge is 0.251 e. The molecule has 0 atom stereocenters. The molecule has 3 rings (SSSR count). The third kappa shape index (κ3) is 5.33. The predicted octanol–water partition coefficient (Wildman–Crippen LogP) is 3.53. The van der Waals surface area contributed by atoms with Gasteiger partial charge >= 0.3 is 0 Å². The fourth-order valence-electron chi connectivity index (χ4n) is 3.10. The van der Waals surface area contributed by atoms with Crippen LogP contribution in [-0.4, -0.2) is 29.4 Å². The molecule has 0 unspecified atom stereocenters. The van der Waals surface area contributed by atoms with Crippen molar-refractivity contribution in [2.75, 3.05) is 6.54 Å². The van der Waals surface area contributed by atoms with Gasteiger partial charge in [0.25, 0.3) is 5.91 Å². The maximum absolute atomic E-state index is 12.3. The van der Waals surface area contributed by atoms with Crippen molar-refractivity contribution < 1.29 is 14.3 Å².